The van der Waals surface area contributed by atoms with Crippen molar-refractivity contribution in [3.63, 3.8) is 0 Å². The largest absolute Gasteiger partial charge is 0.341 e. The van der Waals surface area contributed by atoms with Crippen LogP contribution in [0.1, 0.15) is 52.4 Å². The van der Waals surface area contributed by atoms with Gasteiger partial charge in [0.05, 0.1) is 6.04 Å². The molecule has 0 spiro atoms. The Kier molecular flexibility index (Phi) is 7.80. The van der Waals surface area contributed by atoms with E-state index in [-0.39, 0.29) is 30.3 Å². The standard InChI is InChI=1S/C13H26N2O.ClH/c1-4-10(2)12(14)13(16)15(3)11-8-6-5-7-9-11;/h10-12H,4-9,14H2,1-3H3;1H. The van der Waals surface area contributed by atoms with Gasteiger partial charge in [0.25, 0.3) is 0 Å². The van der Waals surface area contributed by atoms with Crippen molar-refractivity contribution >= 4 is 18.3 Å². The fourth-order valence-corrected chi connectivity index (χ4v) is 2.38. The van der Waals surface area contributed by atoms with E-state index in [4.69, 9.17) is 5.73 Å². The number of nitrogens with two attached hydrogens (primary N) is 1. The SMILES string of the molecule is CCC(C)C(N)C(=O)N(C)C1CCCCC1.Cl. The molecule has 1 aliphatic carbocycles. The van der Waals surface area contributed by atoms with Gasteiger partial charge in [0, 0.05) is 13.1 Å². The van der Waals surface area contributed by atoms with Gasteiger partial charge in [-0.3, -0.25) is 4.79 Å². The van der Waals surface area contributed by atoms with Gasteiger partial charge >= 0.3 is 0 Å². The number of hydrogen-bond acceptors (Lipinski definition) is 2. The zero-order valence-electron chi connectivity index (χ0n) is 11.3. The summed E-state index contributed by atoms with van der Waals surface area (Å²) in [5.74, 6) is 0.403. The monoisotopic (exact) mass is 262 g/mol. The molecule has 1 fully saturated rings. The number of rotatable bonds is 4. The summed E-state index contributed by atoms with van der Waals surface area (Å²) in [5.41, 5.74) is 5.99. The highest BCUT2D eigenvalue weighted by molar-refractivity contribution is 5.85. The van der Waals surface area contributed by atoms with Gasteiger partial charge in [-0.05, 0) is 18.8 Å². The van der Waals surface area contributed by atoms with E-state index >= 15 is 0 Å². The number of amides is 1. The Labute approximate surface area is 112 Å². The Bertz CT molecular complexity index is 229. The Morgan fingerprint density at radius 3 is 2.35 bits per heavy atom. The van der Waals surface area contributed by atoms with Crippen LogP contribution in [0.2, 0.25) is 0 Å². The third kappa shape index (κ3) is 4.47. The highest BCUT2D eigenvalue weighted by Crippen LogP contribution is 2.22. The van der Waals surface area contributed by atoms with Gasteiger partial charge in [-0.2, -0.15) is 0 Å². The number of nitrogens with zero attached hydrogens (tertiary/aromatic N) is 1. The molecule has 4 heteroatoms. The van der Waals surface area contributed by atoms with Crippen LogP contribution in [0, 0.1) is 5.92 Å². The summed E-state index contributed by atoms with van der Waals surface area (Å²) in [6, 6.07) is 0.105. The van der Waals surface area contributed by atoms with Crippen LogP contribution in [-0.4, -0.2) is 29.9 Å². The third-order valence-corrected chi connectivity index (χ3v) is 4.01. The number of hydrogen-bond donors (Lipinski definition) is 1. The minimum atomic E-state index is -0.322. The summed E-state index contributed by atoms with van der Waals surface area (Å²) < 4.78 is 0. The van der Waals surface area contributed by atoms with Crippen LogP contribution in [0.4, 0.5) is 0 Å². The molecular weight excluding hydrogens is 236 g/mol. The van der Waals surface area contributed by atoms with Crippen LogP contribution >= 0.6 is 12.4 Å². The topological polar surface area (TPSA) is 46.3 Å². The van der Waals surface area contributed by atoms with Gasteiger partial charge in [-0.25, -0.2) is 0 Å². The van der Waals surface area contributed by atoms with E-state index in [2.05, 4.69) is 13.8 Å². The Balaban J connectivity index is 0.00000256. The van der Waals surface area contributed by atoms with Gasteiger partial charge in [0.15, 0.2) is 0 Å². The average molecular weight is 263 g/mol. The molecule has 0 aromatic rings. The maximum Gasteiger partial charge on any atom is 0.239 e. The highest BCUT2D eigenvalue weighted by Gasteiger charge is 2.28. The number of carbonyl (C=O) groups excluding carboxylic acids is 1. The molecule has 0 radical (unpaired) electrons. The van der Waals surface area contributed by atoms with Crippen LogP contribution in [0.5, 0.6) is 0 Å². The number of halogens is 1. The predicted octanol–water partition coefficient (Wildman–Crippen LogP) is 2.57. The first-order valence-electron chi connectivity index (χ1n) is 6.60. The van der Waals surface area contributed by atoms with E-state index in [1.807, 2.05) is 11.9 Å². The second-order valence-electron chi connectivity index (χ2n) is 5.15. The molecule has 3 nitrogen and oxygen atoms in total. The summed E-state index contributed by atoms with van der Waals surface area (Å²) in [7, 11) is 1.92. The van der Waals surface area contributed by atoms with Crippen LogP contribution in [0.25, 0.3) is 0 Å². The lowest BCUT2D eigenvalue weighted by Crippen LogP contribution is -2.49. The van der Waals surface area contributed by atoms with E-state index < -0.39 is 0 Å². The third-order valence-electron chi connectivity index (χ3n) is 4.01. The lowest BCUT2D eigenvalue weighted by molar-refractivity contribution is -0.135. The first-order chi connectivity index (χ1) is 7.57. The van der Waals surface area contributed by atoms with Crippen LogP contribution in [0.15, 0.2) is 0 Å². The minimum absolute atomic E-state index is 0. The Morgan fingerprint density at radius 1 is 1.35 bits per heavy atom. The van der Waals surface area contributed by atoms with E-state index in [0.717, 1.165) is 19.3 Å². The average Bonchev–Trinajstić information content (AvgIpc) is 2.36. The smallest absolute Gasteiger partial charge is 0.239 e. The van der Waals surface area contributed by atoms with Crippen molar-refractivity contribution in [2.45, 2.75) is 64.5 Å². The molecule has 102 valence electrons. The fraction of sp³-hybridized carbons (Fsp3) is 0.923. The second kappa shape index (κ2) is 7.93. The van der Waals surface area contributed by atoms with Crippen molar-refractivity contribution in [3.05, 3.63) is 0 Å². The van der Waals surface area contributed by atoms with Gasteiger partial charge in [-0.15, -0.1) is 12.4 Å². The second-order valence-corrected chi connectivity index (χ2v) is 5.15. The molecule has 1 amide bonds. The normalized spacial score (nSPS) is 20.2. The number of likely N-dealkylation sites (N-methyl/N-ethyl adjacent to an activating group) is 1. The zero-order valence-corrected chi connectivity index (χ0v) is 12.1. The van der Waals surface area contributed by atoms with Crippen LogP contribution in [-0.2, 0) is 4.79 Å². The molecule has 17 heavy (non-hydrogen) atoms. The van der Waals surface area contributed by atoms with E-state index in [0.29, 0.717) is 6.04 Å². The minimum Gasteiger partial charge on any atom is -0.341 e. The molecule has 2 N–H and O–H groups in total. The molecule has 0 aromatic carbocycles. The lowest BCUT2D eigenvalue weighted by Gasteiger charge is -2.34. The van der Waals surface area contributed by atoms with Crippen molar-refractivity contribution in [1.82, 2.24) is 4.90 Å². The molecule has 1 rings (SSSR count). The highest BCUT2D eigenvalue weighted by atomic mass is 35.5. The first kappa shape index (κ1) is 16.7. The van der Waals surface area contributed by atoms with Crippen molar-refractivity contribution < 1.29 is 4.79 Å². The van der Waals surface area contributed by atoms with Gasteiger partial charge in [-0.1, -0.05) is 39.5 Å². The predicted molar refractivity (Wildman–Crippen MR) is 74.3 cm³/mol. The Hall–Kier alpha value is -0.280. The summed E-state index contributed by atoms with van der Waals surface area (Å²) in [6.45, 7) is 4.13. The molecule has 0 aromatic heterocycles. The van der Waals surface area contributed by atoms with Crippen molar-refractivity contribution in [2.24, 2.45) is 11.7 Å². The molecule has 2 atom stereocenters. The fourth-order valence-electron chi connectivity index (χ4n) is 2.38. The van der Waals surface area contributed by atoms with Crippen molar-refractivity contribution in [2.75, 3.05) is 7.05 Å². The zero-order chi connectivity index (χ0) is 12.1. The summed E-state index contributed by atoms with van der Waals surface area (Å²) in [6.07, 6.45) is 7.08. The lowest BCUT2D eigenvalue weighted by atomic mass is 9.92. The molecule has 0 saturated heterocycles. The maximum atomic E-state index is 12.1. The van der Waals surface area contributed by atoms with Gasteiger partial charge < -0.3 is 10.6 Å². The molecule has 0 heterocycles. The van der Waals surface area contributed by atoms with E-state index in [1.54, 1.807) is 0 Å². The van der Waals surface area contributed by atoms with Gasteiger partial charge in [0.2, 0.25) is 5.91 Å². The molecule has 0 bridgehead atoms. The van der Waals surface area contributed by atoms with Crippen molar-refractivity contribution in [3.8, 4) is 0 Å². The Morgan fingerprint density at radius 2 is 1.88 bits per heavy atom. The molecular formula is C13H27ClN2O. The summed E-state index contributed by atoms with van der Waals surface area (Å²) >= 11 is 0. The molecule has 0 aliphatic heterocycles. The molecule has 2 unspecified atom stereocenters. The van der Waals surface area contributed by atoms with Crippen LogP contribution < -0.4 is 5.73 Å². The van der Waals surface area contributed by atoms with Gasteiger partial charge in [0.1, 0.15) is 0 Å². The quantitative estimate of drug-likeness (QED) is 0.847. The van der Waals surface area contributed by atoms with Crippen molar-refractivity contribution in [1.29, 1.82) is 0 Å². The summed E-state index contributed by atoms with van der Waals surface area (Å²) in [5, 5.41) is 0. The maximum absolute atomic E-state index is 12.1. The van der Waals surface area contributed by atoms with E-state index in [1.165, 1.54) is 19.3 Å². The van der Waals surface area contributed by atoms with E-state index in [9.17, 15) is 4.79 Å². The van der Waals surface area contributed by atoms with Crippen LogP contribution in [0.3, 0.4) is 0 Å². The summed E-state index contributed by atoms with van der Waals surface area (Å²) in [4.78, 5) is 14.0. The molecule has 1 saturated carbocycles. The molecule has 1 aliphatic rings. The number of carbonyl (C=O) groups is 1. The first-order valence-corrected chi connectivity index (χ1v) is 6.60.